The number of hydrogen-bond acceptors (Lipinski definition) is 8. The minimum absolute atomic E-state index is 0.0466. The Hall–Kier alpha value is -3.90. The van der Waals surface area contributed by atoms with Crippen molar-refractivity contribution in [2.24, 2.45) is 5.73 Å². The number of anilines is 1. The molecule has 216 valence electrons. The molecule has 11 nitrogen and oxygen atoms in total. The number of esters is 1. The SMILES string of the molecule is CCOC(=O)CS(=O)(=O)N(C/C=C/c1cccc(C(=N)N)c1)c1ccc(OC2CCNCC2)c(C(=O)N(C)C)c1. The van der Waals surface area contributed by atoms with Gasteiger partial charge >= 0.3 is 5.97 Å². The second-order valence-corrected chi connectivity index (χ2v) is 11.4. The first kappa shape index (κ1) is 30.6. The average Bonchev–Trinajstić information content (AvgIpc) is 2.91. The molecule has 1 aliphatic heterocycles. The van der Waals surface area contributed by atoms with Crippen molar-refractivity contribution in [1.29, 1.82) is 5.41 Å². The monoisotopic (exact) mass is 571 g/mol. The van der Waals surface area contributed by atoms with Crippen LogP contribution in [0.15, 0.2) is 48.5 Å². The van der Waals surface area contributed by atoms with Crippen LogP contribution in [0.25, 0.3) is 6.08 Å². The van der Waals surface area contributed by atoms with Gasteiger partial charge in [-0.25, -0.2) is 8.42 Å². The molecular weight excluding hydrogens is 534 g/mol. The first-order valence-corrected chi connectivity index (χ1v) is 14.6. The van der Waals surface area contributed by atoms with E-state index in [1.165, 1.54) is 11.0 Å². The highest BCUT2D eigenvalue weighted by molar-refractivity contribution is 7.93. The second kappa shape index (κ2) is 13.9. The Balaban J connectivity index is 2.00. The molecule has 0 radical (unpaired) electrons. The molecule has 0 saturated carbocycles. The summed E-state index contributed by atoms with van der Waals surface area (Å²) in [6.45, 7) is 3.13. The van der Waals surface area contributed by atoms with Crippen molar-refractivity contribution in [3.05, 3.63) is 65.2 Å². The Labute approximate surface area is 235 Å². The maximum Gasteiger partial charge on any atom is 0.323 e. The third-order valence-electron chi connectivity index (χ3n) is 6.19. The standard InChI is InChI=1S/C28H37N5O6S/c1-4-38-26(34)19-40(36,37)33(16-6-8-20-7-5-9-21(17-20)27(29)30)22-10-11-25(24(18-22)28(35)32(2)3)39-23-12-14-31-15-13-23/h5-11,17-18,23,31H,4,12-16,19H2,1-3H3,(H3,29,30)/b8-6+. The maximum absolute atomic E-state index is 13.4. The van der Waals surface area contributed by atoms with Gasteiger partial charge in [-0.3, -0.25) is 19.3 Å². The van der Waals surface area contributed by atoms with Gasteiger partial charge in [0.25, 0.3) is 5.91 Å². The Morgan fingerprint density at radius 3 is 2.52 bits per heavy atom. The van der Waals surface area contributed by atoms with Crippen molar-refractivity contribution in [3.8, 4) is 5.75 Å². The lowest BCUT2D eigenvalue weighted by Gasteiger charge is -2.27. The lowest BCUT2D eigenvalue weighted by atomic mass is 10.1. The molecular formula is C28H37N5O6S. The highest BCUT2D eigenvalue weighted by Crippen LogP contribution is 2.30. The topological polar surface area (TPSA) is 155 Å². The smallest absolute Gasteiger partial charge is 0.323 e. The zero-order chi connectivity index (χ0) is 29.3. The van der Waals surface area contributed by atoms with E-state index in [-0.39, 0.29) is 42.2 Å². The third-order valence-corrected chi connectivity index (χ3v) is 7.82. The summed E-state index contributed by atoms with van der Waals surface area (Å²) in [5, 5.41) is 10.9. The number of amides is 1. The summed E-state index contributed by atoms with van der Waals surface area (Å²) in [5.74, 6) is -1.79. The minimum atomic E-state index is -4.20. The van der Waals surface area contributed by atoms with E-state index in [1.807, 2.05) is 0 Å². The molecule has 0 aromatic heterocycles. The molecule has 4 N–H and O–H groups in total. The number of nitrogens with zero attached hydrogens (tertiary/aromatic N) is 2. The van der Waals surface area contributed by atoms with Crippen molar-refractivity contribution in [2.75, 3.05) is 50.4 Å². The highest BCUT2D eigenvalue weighted by atomic mass is 32.2. The van der Waals surface area contributed by atoms with Crippen LogP contribution in [0.4, 0.5) is 5.69 Å². The predicted molar refractivity (Wildman–Crippen MR) is 155 cm³/mol. The fourth-order valence-electron chi connectivity index (χ4n) is 4.18. The number of nitrogens with two attached hydrogens (primary N) is 1. The summed E-state index contributed by atoms with van der Waals surface area (Å²) in [6.07, 6.45) is 4.81. The molecule has 1 fully saturated rings. The summed E-state index contributed by atoms with van der Waals surface area (Å²) < 4.78 is 39.0. The Morgan fingerprint density at radius 1 is 1.15 bits per heavy atom. The number of nitrogen functional groups attached to an aromatic ring is 1. The van der Waals surface area contributed by atoms with Gasteiger partial charge in [-0.1, -0.05) is 30.4 Å². The van der Waals surface area contributed by atoms with Crippen molar-refractivity contribution in [1.82, 2.24) is 10.2 Å². The summed E-state index contributed by atoms with van der Waals surface area (Å²) in [4.78, 5) is 26.7. The van der Waals surface area contributed by atoms with Crippen molar-refractivity contribution < 1.29 is 27.5 Å². The minimum Gasteiger partial charge on any atom is -0.489 e. The molecule has 12 heteroatoms. The van der Waals surface area contributed by atoms with Crippen LogP contribution >= 0.6 is 0 Å². The first-order chi connectivity index (χ1) is 19.0. The summed E-state index contributed by atoms with van der Waals surface area (Å²) in [5.41, 5.74) is 7.24. The number of sulfonamides is 1. The van der Waals surface area contributed by atoms with Crippen LogP contribution in [0.5, 0.6) is 5.75 Å². The van der Waals surface area contributed by atoms with E-state index in [0.29, 0.717) is 16.9 Å². The molecule has 1 amide bonds. The molecule has 40 heavy (non-hydrogen) atoms. The Bertz CT molecular complexity index is 1350. The van der Waals surface area contributed by atoms with E-state index in [4.69, 9.17) is 20.6 Å². The van der Waals surface area contributed by atoms with E-state index < -0.39 is 21.7 Å². The highest BCUT2D eigenvalue weighted by Gasteiger charge is 2.28. The fourth-order valence-corrected chi connectivity index (χ4v) is 5.47. The Morgan fingerprint density at radius 2 is 1.88 bits per heavy atom. The molecule has 0 unspecified atom stereocenters. The zero-order valence-corrected chi connectivity index (χ0v) is 23.9. The van der Waals surface area contributed by atoms with Gasteiger partial charge in [0.15, 0.2) is 5.75 Å². The van der Waals surface area contributed by atoms with Gasteiger partial charge < -0.3 is 25.4 Å². The lowest BCUT2D eigenvalue weighted by Crippen LogP contribution is -2.37. The predicted octanol–water partition coefficient (Wildman–Crippen LogP) is 2.22. The van der Waals surface area contributed by atoms with Crippen LogP contribution in [0, 0.1) is 5.41 Å². The molecule has 0 bridgehead atoms. The molecule has 1 heterocycles. The van der Waals surface area contributed by atoms with Gasteiger partial charge in [0, 0.05) is 19.7 Å². The van der Waals surface area contributed by atoms with E-state index in [9.17, 15) is 18.0 Å². The van der Waals surface area contributed by atoms with Gasteiger partial charge in [-0.05, 0) is 62.7 Å². The molecule has 3 rings (SSSR count). The molecule has 1 aliphatic rings. The summed E-state index contributed by atoms with van der Waals surface area (Å²) >= 11 is 0. The number of piperidine rings is 1. The summed E-state index contributed by atoms with van der Waals surface area (Å²) in [7, 11) is -0.981. The van der Waals surface area contributed by atoms with E-state index in [1.54, 1.807) is 69.6 Å². The van der Waals surface area contributed by atoms with Gasteiger partial charge in [0.05, 0.1) is 24.4 Å². The third kappa shape index (κ3) is 8.30. The van der Waals surface area contributed by atoms with Crippen LogP contribution in [0.2, 0.25) is 0 Å². The number of benzene rings is 2. The van der Waals surface area contributed by atoms with Crippen molar-refractivity contribution in [3.63, 3.8) is 0 Å². The number of amidine groups is 1. The van der Waals surface area contributed by atoms with Crippen molar-refractivity contribution in [2.45, 2.75) is 25.9 Å². The zero-order valence-electron chi connectivity index (χ0n) is 23.1. The largest absolute Gasteiger partial charge is 0.489 e. The number of carbonyl (C=O) groups is 2. The van der Waals surface area contributed by atoms with Crippen LogP contribution < -0.4 is 20.1 Å². The first-order valence-electron chi connectivity index (χ1n) is 13.0. The quantitative estimate of drug-likeness (QED) is 0.199. The second-order valence-electron chi connectivity index (χ2n) is 9.48. The average molecular weight is 572 g/mol. The normalized spacial score (nSPS) is 14.1. The number of ether oxygens (including phenoxy) is 2. The fraction of sp³-hybridized carbons (Fsp3) is 0.393. The van der Waals surface area contributed by atoms with Crippen LogP contribution in [-0.2, 0) is 19.6 Å². The van der Waals surface area contributed by atoms with Crippen LogP contribution in [-0.4, -0.2) is 83.2 Å². The molecule has 1 saturated heterocycles. The summed E-state index contributed by atoms with van der Waals surface area (Å²) in [6, 6.07) is 11.6. The maximum atomic E-state index is 13.4. The van der Waals surface area contributed by atoms with Crippen LogP contribution in [0.1, 0.15) is 41.3 Å². The lowest BCUT2D eigenvalue weighted by molar-refractivity contribution is -0.139. The number of rotatable bonds is 12. The van der Waals surface area contributed by atoms with Gasteiger partial charge in [-0.15, -0.1) is 0 Å². The van der Waals surface area contributed by atoms with Gasteiger partial charge in [0.2, 0.25) is 10.0 Å². The molecule has 2 aromatic carbocycles. The molecule has 2 aromatic rings. The Kier molecular flexibility index (Phi) is 10.7. The van der Waals surface area contributed by atoms with E-state index in [2.05, 4.69) is 5.32 Å². The van der Waals surface area contributed by atoms with E-state index >= 15 is 0 Å². The van der Waals surface area contributed by atoms with E-state index in [0.717, 1.165) is 30.2 Å². The number of carbonyl (C=O) groups excluding carboxylic acids is 2. The molecule has 0 atom stereocenters. The van der Waals surface area contributed by atoms with Gasteiger partial charge in [0.1, 0.15) is 17.7 Å². The van der Waals surface area contributed by atoms with Crippen LogP contribution in [0.3, 0.4) is 0 Å². The number of hydrogen-bond donors (Lipinski definition) is 3. The van der Waals surface area contributed by atoms with Crippen molar-refractivity contribution >= 4 is 39.5 Å². The molecule has 0 aliphatic carbocycles. The number of nitrogens with one attached hydrogen (secondary N) is 2. The molecule has 0 spiro atoms. The van der Waals surface area contributed by atoms with Gasteiger partial charge in [-0.2, -0.15) is 0 Å².